The van der Waals surface area contributed by atoms with Gasteiger partial charge in [-0.1, -0.05) is 0 Å². The van der Waals surface area contributed by atoms with Crippen molar-refractivity contribution in [2.24, 2.45) is 5.73 Å². The lowest BCUT2D eigenvalue weighted by atomic mass is 10.1. The van der Waals surface area contributed by atoms with Crippen molar-refractivity contribution < 1.29 is 14.2 Å². The molecule has 0 radical (unpaired) electrons. The molecule has 0 amide bonds. The number of aliphatic hydroxyl groups is 1. The topological polar surface area (TPSA) is 55.5 Å². The standard InChI is InChI=1S/C10H14FNO2/c1-6-3-7(11)10(8(13)5-12)9(4-6)14-2/h3-4,8,13H,5,12H2,1-2H3/t8-/m0/s1. The molecule has 0 aromatic heterocycles. The monoisotopic (exact) mass is 199 g/mol. The first-order valence-electron chi connectivity index (χ1n) is 4.32. The number of halogens is 1. The summed E-state index contributed by atoms with van der Waals surface area (Å²) in [4.78, 5) is 0. The van der Waals surface area contributed by atoms with Crippen molar-refractivity contribution in [3.8, 4) is 5.75 Å². The minimum Gasteiger partial charge on any atom is -0.496 e. The van der Waals surface area contributed by atoms with E-state index in [1.807, 2.05) is 0 Å². The van der Waals surface area contributed by atoms with E-state index in [0.29, 0.717) is 5.75 Å². The van der Waals surface area contributed by atoms with E-state index in [9.17, 15) is 9.50 Å². The summed E-state index contributed by atoms with van der Waals surface area (Å²) in [6, 6.07) is 3.01. The quantitative estimate of drug-likeness (QED) is 0.767. The Morgan fingerprint density at radius 2 is 2.21 bits per heavy atom. The molecule has 0 saturated carbocycles. The van der Waals surface area contributed by atoms with Crippen LogP contribution in [0.5, 0.6) is 5.75 Å². The van der Waals surface area contributed by atoms with Gasteiger partial charge in [-0.25, -0.2) is 4.39 Å². The van der Waals surface area contributed by atoms with Crippen molar-refractivity contribution in [2.75, 3.05) is 13.7 Å². The van der Waals surface area contributed by atoms with Crippen molar-refractivity contribution in [3.05, 3.63) is 29.1 Å². The maximum atomic E-state index is 13.4. The smallest absolute Gasteiger partial charge is 0.133 e. The summed E-state index contributed by atoms with van der Waals surface area (Å²) >= 11 is 0. The molecule has 0 aliphatic carbocycles. The second-order valence-electron chi connectivity index (χ2n) is 3.11. The van der Waals surface area contributed by atoms with Crippen molar-refractivity contribution >= 4 is 0 Å². The molecule has 1 aromatic rings. The van der Waals surface area contributed by atoms with Gasteiger partial charge in [0.25, 0.3) is 0 Å². The molecule has 1 rings (SSSR count). The Kier molecular flexibility index (Phi) is 3.43. The molecule has 0 bridgehead atoms. The van der Waals surface area contributed by atoms with E-state index in [-0.39, 0.29) is 12.1 Å². The molecule has 0 spiro atoms. The molecule has 0 aliphatic rings. The summed E-state index contributed by atoms with van der Waals surface area (Å²) in [5.41, 5.74) is 6.13. The molecule has 4 heteroatoms. The molecule has 3 nitrogen and oxygen atoms in total. The molecule has 78 valence electrons. The molecular formula is C10H14FNO2. The van der Waals surface area contributed by atoms with Gasteiger partial charge in [-0.05, 0) is 24.6 Å². The zero-order valence-electron chi connectivity index (χ0n) is 8.25. The van der Waals surface area contributed by atoms with Gasteiger partial charge < -0.3 is 15.6 Å². The van der Waals surface area contributed by atoms with Crippen LogP contribution in [0.4, 0.5) is 4.39 Å². The predicted molar refractivity (Wildman–Crippen MR) is 51.7 cm³/mol. The number of aliphatic hydroxyl groups excluding tert-OH is 1. The van der Waals surface area contributed by atoms with Gasteiger partial charge in [-0.3, -0.25) is 0 Å². The van der Waals surface area contributed by atoms with E-state index in [1.54, 1.807) is 13.0 Å². The van der Waals surface area contributed by atoms with Crippen molar-refractivity contribution in [3.63, 3.8) is 0 Å². The maximum Gasteiger partial charge on any atom is 0.133 e. The van der Waals surface area contributed by atoms with Crippen LogP contribution in [0, 0.1) is 12.7 Å². The van der Waals surface area contributed by atoms with Crippen LogP contribution in [-0.2, 0) is 0 Å². The van der Waals surface area contributed by atoms with E-state index >= 15 is 0 Å². The van der Waals surface area contributed by atoms with Crippen LogP contribution < -0.4 is 10.5 Å². The molecule has 14 heavy (non-hydrogen) atoms. The number of aryl methyl sites for hydroxylation is 1. The minimum absolute atomic E-state index is 0.0314. The molecule has 1 atom stereocenters. The van der Waals surface area contributed by atoms with Gasteiger partial charge in [0, 0.05) is 6.54 Å². The normalized spacial score (nSPS) is 12.6. The van der Waals surface area contributed by atoms with Crippen LogP contribution in [0.1, 0.15) is 17.2 Å². The van der Waals surface area contributed by atoms with E-state index in [1.165, 1.54) is 13.2 Å². The number of nitrogens with two attached hydrogens (primary N) is 1. The number of methoxy groups -OCH3 is 1. The van der Waals surface area contributed by atoms with Crippen molar-refractivity contribution in [1.29, 1.82) is 0 Å². The number of hydrogen-bond donors (Lipinski definition) is 2. The molecule has 3 N–H and O–H groups in total. The Morgan fingerprint density at radius 3 is 2.71 bits per heavy atom. The molecule has 0 unspecified atom stereocenters. The van der Waals surface area contributed by atoms with Crippen LogP contribution in [0.3, 0.4) is 0 Å². The molecular weight excluding hydrogens is 185 g/mol. The highest BCUT2D eigenvalue weighted by Gasteiger charge is 2.17. The second-order valence-corrected chi connectivity index (χ2v) is 3.11. The average Bonchev–Trinajstić information content (AvgIpc) is 2.15. The SMILES string of the molecule is COc1cc(C)cc(F)c1[C@@H](O)CN. The Hall–Kier alpha value is -1.13. The third-order valence-electron chi connectivity index (χ3n) is 2.01. The van der Waals surface area contributed by atoms with Crippen LogP contribution in [0.25, 0.3) is 0 Å². The van der Waals surface area contributed by atoms with Crippen molar-refractivity contribution in [2.45, 2.75) is 13.0 Å². The largest absolute Gasteiger partial charge is 0.496 e. The number of hydrogen-bond acceptors (Lipinski definition) is 3. The summed E-state index contributed by atoms with van der Waals surface area (Å²) in [6.07, 6.45) is -1.02. The van der Waals surface area contributed by atoms with Crippen LogP contribution in [-0.4, -0.2) is 18.8 Å². The zero-order valence-corrected chi connectivity index (χ0v) is 8.25. The maximum absolute atomic E-state index is 13.4. The lowest BCUT2D eigenvalue weighted by molar-refractivity contribution is 0.177. The fourth-order valence-electron chi connectivity index (χ4n) is 1.33. The van der Waals surface area contributed by atoms with Crippen LogP contribution >= 0.6 is 0 Å². The first-order chi connectivity index (χ1) is 6.60. The first kappa shape index (κ1) is 10.9. The zero-order chi connectivity index (χ0) is 10.7. The first-order valence-corrected chi connectivity index (χ1v) is 4.32. The van der Waals surface area contributed by atoms with E-state index in [0.717, 1.165) is 5.56 Å². The van der Waals surface area contributed by atoms with Gasteiger partial charge in [-0.15, -0.1) is 0 Å². The van der Waals surface area contributed by atoms with Gasteiger partial charge >= 0.3 is 0 Å². The second kappa shape index (κ2) is 4.39. The van der Waals surface area contributed by atoms with Gasteiger partial charge in [0.05, 0.1) is 18.8 Å². The Morgan fingerprint density at radius 1 is 1.57 bits per heavy atom. The lowest BCUT2D eigenvalue weighted by Crippen LogP contribution is -2.14. The molecule has 0 saturated heterocycles. The summed E-state index contributed by atoms with van der Waals surface area (Å²) in [5, 5.41) is 9.47. The highest BCUT2D eigenvalue weighted by molar-refractivity contribution is 5.40. The fraction of sp³-hybridized carbons (Fsp3) is 0.400. The molecule has 0 heterocycles. The van der Waals surface area contributed by atoms with E-state index < -0.39 is 11.9 Å². The molecule has 0 fully saturated rings. The van der Waals surface area contributed by atoms with Gasteiger partial charge in [0.1, 0.15) is 11.6 Å². The summed E-state index contributed by atoms with van der Waals surface area (Å²) < 4.78 is 18.4. The van der Waals surface area contributed by atoms with Crippen LogP contribution in [0.2, 0.25) is 0 Å². The lowest BCUT2D eigenvalue weighted by Gasteiger charge is -2.14. The summed E-state index contributed by atoms with van der Waals surface area (Å²) in [5.74, 6) is -0.153. The highest BCUT2D eigenvalue weighted by atomic mass is 19.1. The fourth-order valence-corrected chi connectivity index (χ4v) is 1.33. The Balaban J connectivity index is 3.24. The summed E-state index contributed by atoms with van der Waals surface area (Å²) in [7, 11) is 1.43. The Labute approximate surface area is 82.3 Å². The number of ether oxygens (including phenoxy) is 1. The minimum atomic E-state index is -1.02. The van der Waals surface area contributed by atoms with Gasteiger partial charge in [0.15, 0.2) is 0 Å². The summed E-state index contributed by atoms with van der Waals surface area (Å²) in [6.45, 7) is 1.72. The van der Waals surface area contributed by atoms with Crippen LogP contribution in [0.15, 0.2) is 12.1 Å². The van der Waals surface area contributed by atoms with E-state index in [4.69, 9.17) is 10.5 Å². The molecule has 1 aromatic carbocycles. The molecule has 0 aliphatic heterocycles. The number of benzene rings is 1. The Bertz CT molecular complexity index is 328. The average molecular weight is 199 g/mol. The van der Waals surface area contributed by atoms with Gasteiger partial charge in [0.2, 0.25) is 0 Å². The number of rotatable bonds is 3. The van der Waals surface area contributed by atoms with Crippen molar-refractivity contribution in [1.82, 2.24) is 0 Å². The van der Waals surface area contributed by atoms with Gasteiger partial charge in [-0.2, -0.15) is 0 Å². The predicted octanol–water partition coefficient (Wildman–Crippen LogP) is 1.13. The third-order valence-corrected chi connectivity index (χ3v) is 2.01. The van der Waals surface area contributed by atoms with E-state index in [2.05, 4.69) is 0 Å². The highest BCUT2D eigenvalue weighted by Crippen LogP contribution is 2.28. The third kappa shape index (κ3) is 2.02.